The Morgan fingerprint density at radius 2 is 2.04 bits per heavy atom. The van der Waals surface area contributed by atoms with Crippen LogP contribution in [0.1, 0.15) is 22.7 Å². The summed E-state index contributed by atoms with van der Waals surface area (Å²) in [5, 5.41) is 4.37. The molecule has 1 amide bonds. The van der Waals surface area contributed by atoms with Crippen LogP contribution in [0.2, 0.25) is 0 Å². The van der Waals surface area contributed by atoms with Gasteiger partial charge in [0, 0.05) is 29.6 Å². The molecule has 0 spiro atoms. The van der Waals surface area contributed by atoms with Crippen LogP contribution in [0.4, 0.5) is 5.69 Å². The van der Waals surface area contributed by atoms with Crippen molar-refractivity contribution in [3.05, 3.63) is 70.4 Å². The summed E-state index contributed by atoms with van der Waals surface area (Å²) in [7, 11) is 0. The Morgan fingerprint density at radius 3 is 2.92 bits per heavy atom. The minimum atomic E-state index is -0.241. The molecule has 5 rings (SSSR count). The number of H-pyrrole nitrogens is 1. The summed E-state index contributed by atoms with van der Waals surface area (Å²) in [4.78, 5) is 32.9. The van der Waals surface area contributed by atoms with Gasteiger partial charge in [-0.2, -0.15) is 0 Å². The molecule has 0 radical (unpaired) electrons. The molecule has 0 fully saturated rings. The first-order valence-corrected chi connectivity index (χ1v) is 8.62. The van der Waals surface area contributed by atoms with Gasteiger partial charge in [-0.25, -0.2) is 4.98 Å². The fourth-order valence-corrected chi connectivity index (χ4v) is 3.56. The summed E-state index contributed by atoms with van der Waals surface area (Å²) in [5.74, 6) is 0.604. The molecule has 0 atom stereocenters. The van der Waals surface area contributed by atoms with Crippen molar-refractivity contribution in [2.45, 2.75) is 19.4 Å². The van der Waals surface area contributed by atoms with E-state index in [2.05, 4.69) is 15.3 Å². The maximum Gasteiger partial charge on any atom is 0.272 e. The molecule has 0 saturated heterocycles. The predicted molar refractivity (Wildman–Crippen MR) is 101 cm³/mol. The lowest BCUT2D eigenvalue weighted by Crippen LogP contribution is -2.21. The number of anilines is 1. The third kappa shape index (κ3) is 2.30. The van der Waals surface area contributed by atoms with Crippen LogP contribution in [0.15, 0.2) is 53.3 Å². The van der Waals surface area contributed by atoms with Gasteiger partial charge in [-0.05, 0) is 36.8 Å². The lowest BCUT2D eigenvalue weighted by Gasteiger charge is -2.08. The molecule has 6 nitrogen and oxygen atoms in total. The highest BCUT2D eigenvalue weighted by molar-refractivity contribution is 6.06. The van der Waals surface area contributed by atoms with Crippen LogP contribution < -0.4 is 10.9 Å². The van der Waals surface area contributed by atoms with Gasteiger partial charge in [-0.3, -0.25) is 14.2 Å². The van der Waals surface area contributed by atoms with Gasteiger partial charge in [0.15, 0.2) is 0 Å². The van der Waals surface area contributed by atoms with E-state index in [1.807, 2.05) is 30.3 Å². The van der Waals surface area contributed by atoms with Gasteiger partial charge in [-0.15, -0.1) is 0 Å². The molecule has 0 aliphatic carbocycles. The standard InChI is InChI=1S/C20H16N4O2/c25-19(17-10-12-4-1-2-5-15(12)22-17)21-13-7-8-16-14(11-13)20(26)24-9-3-6-18(24)23-16/h1-2,4-5,7-8,10-11,22H,3,6,9H2,(H,21,25). The van der Waals surface area contributed by atoms with Crippen LogP contribution in [-0.4, -0.2) is 20.4 Å². The highest BCUT2D eigenvalue weighted by atomic mass is 16.2. The molecule has 4 aromatic rings. The molecule has 6 heteroatoms. The van der Waals surface area contributed by atoms with Crippen molar-refractivity contribution in [2.24, 2.45) is 0 Å². The normalized spacial score (nSPS) is 13.2. The van der Waals surface area contributed by atoms with Crippen molar-refractivity contribution in [2.75, 3.05) is 5.32 Å². The molecule has 2 aromatic carbocycles. The number of aromatic nitrogens is 3. The average molecular weight is 344 g/mol. The Morgan fingerprint density at radius 1 is 1.15 bits per heavy atom. The SMILES string of the molecule is O=C(Nc1ccc2nc3n(c(=O)c2c1)CCC3)c1cc2ccccc2[nH]1. The maximum atomic E-state index is 12.6. The van der Waals surface area contributed by atoms with Gasteiger partial charge in [0.25, 0.3) is 11.5 Å². The third-order valence-corrected chi connectivity index (χ3v) is 4.85. The minimum absolute atomic E-state index is 0.0378. The topological polar surface area (TPSA) is 79.8 Å². The second kappa shape index (κ2) is 5.56. The number of aromatic amines is 1. The van der Waals surface area contributed by atoms with Crippen molar-refractivity contribution in [3.8, 4) is 0 Å². The largest absolute Gasteiger partial charge is 0.351 e. The Bertz CT molecular complexity index is 1200. The molecule has 0 saturated carbocycles. The molecule has 26 heavy (non-hydrogen) atoms. The van der Waals surface area contributed by atoms with Crippen LogP contribution in [-0.2, 0) is 13.0 Å². The molecule has 2 aromatic heterocycles. The van der Waals surface area contributed by atoms with Crippen LogP contribution in [0, 0.1) is 0 Å². The van der Waals surface area contributed by atoms with E-state index in [1.54, 1.807) is 22.8 Å². The second-order valence-corrected chi connectivity index (χ2v) is 6.54. The number of carbonyl (C=O) groups excluding carboxylic acids is 1. The average Bonchev–Trinajstić information content (AvgIpc) is 3.29. The van der Waals surface area contributed by atoms with Crippen molar-refractivity contribution >= 4 is 33.4 Å². The van der Waals surface area contributed by atoms with E-state index in [4.69, 9.17) is 0 Å². The number of benzene rings is 2. The van der Waals surface area contributed by atoms with Crippen molar-refractivity contribution in [3.63, 3.8) is 0 Å². The predicted octanol–water partition coefficient (Wildman–Crippen LogP) is 3.08. The molecular weight excluding hydrogens is 328 g/mol. The summed E-state index contributed by atoms with van der Waals surface area (Å²) in [6.07, 6.45) is 1.78. The first-order valence-electron chi connectivity index (χ1n) is 8.62. The summed E-state index contributed by atoms with van der Waals surface area (Å²) in [6.45, 7) is 0.711. The monoisotopic (exact) mass is 344 g/mol. The molecule has 1 aliphatic rings. The summed E-state index contributed by atoms with van der Waals surface area (Å²) in [6, 6.07) is 14.8. The number of aryl methyl sites for hydroxylation is 1. The zero-order chi connectivity index (χ0) is 17.7. The van der Waals surface area contributed by atoms with Gasteiger partial charge in [-0.1, -0.05) is 18.2 Å². The zero-order valence-corrected chi connectivity index (χ0v) is 14.0. The number of nitrogens with one attached hydrogen (secondary N) is 2. The molecule has 1 aliphatic heterocycles. The smallest absolute Gasteiger partial charge is 0.272 e. The van der Waals surface area contributed by atoms with E-state index in [0.717, 1.165) is 29.6 Å². The number of nitrogens with zero attached hydrogens (tertiary/aromatic N) is 2. The third-order valence-electron chi connectivity index (χ3n) is 4.85. The van der Waals surface area contributed by atoms with E-state index < -0.39 is 0 Å². The molecule has 2 N–H and O–H groups in total. The summed E-state index contributed by atoms with van der Waals surface area (Å²) >= 11 is 0. The van der Waals surface area contributed by atoms with Gasteiger partial charge in [0.1, 0.15) is 11.5 Å². The summed E-state index contributed by atoms with van der Waals surface area (Å²) in [5.41, 5.74) is 2.61. The highest BCUT2D eigenvalue weighted by Gasteiger charge is 2.17. The van der Waals surface area contributed by atoms with E-state index in [9.17, 15) is 9.59 Å². The number of rotatable bonds is 2. The van der Waals surface area contributed by atoms with Crippen molar-refractivity contribution in [1.29, 1.82) is 0 Å². The van der Waals surface area contributed by atoms with Crippen molar-refractivity contribution < 1.29 is 4.79 Å². The molecular formula is C20H16N4O2. The molecule has 0 bridgehead atoms. The van der Waals surface area contributed by atoms with Gasteiger partial charge >= 0.3 is 0 Å². The van der Waals surface area contributed by atoms with Crippen LogP contribution in [0.5, 0.6) is 0 Å². The number of para-hydroxylation sites is 1. The zero-order valence-electron chi connectivity index (χ0n) is 14.0. The fraction of sp³-hybridized carbons (Fsp3) is 0.150. The first kappa shape index (κ1) is 14.9. The van der Waals surface area contributed by atoms with E-state index in [1.165, 1.54) is 0 Å². The van der Waals surface area contributed by atoms with Crippen LogP contribution in [0.25, 0.3) is 21.8 Å². The first-order chi connectivity index (χ1) is 12.7. The van der Waals surface area contributed by atoms with Gasteiger partial charge in [0.2, 0.25) is 0 Å². The number of fused-ring (bicyclic) bond motifs is 3. The summed E-state index contributed by atoms with van der Waals surface area (Å²) < 4.78 is 1.73. The number of hydrogen-bond acceptors (Lipinski definition) is 3. The number of carbonyl (C=O) groups is 1. The van der Waals surface area contributed by atoms with Crippen molar-refractivity contribution in [1.82, 2.24) is 14.5 Å². The molecule has 3 heterocycles. The Kier molecular flexibility index (Phi) is 3.18. The highest BCUT2D eigenvalue weighted by Crippen LogP contribution is 2.20. The molecule has 128 valence electrons. The Labute approximate surface area is 148 Å². The Hall–Kier alpha value is -3.41. The number of hydrogen-bond donors (Lipinski definition) is 2. The quantitative estimate of drug-likeness (QED) is 0.586. The van der Waals surface area contributed by atoms with E-state index >= 15 is 0 Å². The second-order valence-electron chi connectivity index (χ2n) is 6.54. The Balaban J connectivity index is 1.51. The lowest BCUT2D eigenvalue weighted by molar-refractivity contribution is 0.102. The van der Waals surface area contributed by atoms with E-state index in [-0.39, 0.29) is 11.5 Å². The van der Waals surface area contributed by atoms with Crippen LogP contribution >= 0.6 is 0 Å². The van der Waals surface area contributed by atoms with Gasteiger partial charge in [0.05, 0.1) is 10.9 Å². The lowest BCUT2D eigenvalue weighted by atomic mass is 10.2. The van der Waals surface area contributed by atoms with Crippen LogP contribution in [0.3, 0.4) is 0 Å². The van der Waals surface area contributed by atoms with E-state index in [0.29, 0.717) is 28.8 Å². The number of amides is 1. The maximum absolute atomic E-state index is 12.6. The molecule has 0 unspecified atom stereocenters. The van der Waals surface area contributed by atoms with Gasteiger partial charge < -0.3 is 10.3 Å². The minimum Gasteiger partial charge on any atom is -0.351 e. The fourth-order valence-electron chi connectivity index (χ4n) is 3.56.